The highest BCUT2D eigenvalue weighted by molar-refractivity contribution is 5.75. The summed E-state index contributed by atoms with van der Waals surface area (Å²) in [5, 5.41) is 10.3. The standard InChI is InChI=1S/C14H12N2O/c17-14(10-4-2-1-3-5-10)11-6-7-12-13(8-11)16-9-15-12/h1-9,14,17H,(H,15,16)/t14-/m1/s1. The van der Waals surface area contributed by atoms with Gasteiger partial charge in [0, 0.05) is 0 Å². The van der Waals surface area contributed by atoms with E-state index in [1.54, 1.807) is 6.33 Å². The first-order chi connectivity index (χ1) is 8.34. The first-order valence-electron chi connectivity index (χ1n) is 5.50. The zero-order valence-corrected chi connectivity index (χ0v) is 9.17. The minimum Gasteiger partial charge on any atom is -0.384 e. The molecular weight excluding hydrogens is 212 g/mol. The third-order valence-electron chi connectivity index (χ3n) is 2.88. The molecular formula is C14H12N2O. The zero-order chi connectivity index (χ0) is 11.7. The first-order valence-corrected chi connectivity index (χ1v) is 5.50. The number of fused-ring (bicyclic) bond motifs is 1. The molecule has 3 rings (SSSR count). The van der Waals surface area contributed by atoms with Crippen LogP contribution in [0.25, 0.3) is 11.0 Å². The quantitative estimate of drug-likeness (QED) is 0.703. The summed E-state index contributed by atoms with van der Waals surface area (Å²) in [6.07, 6.45) is 1.06. The maximum atomic E-state index is 10.3. The molecule has 1 aromatic heterocycles. The van der Waals surface area contributed by atoms with E-state index in [1.165, 1.54) is 0 Å². The molecule has 84 valence electrons. The van der Waals surface area contributed by atoms with Gasteiger partial charge in [-0.3, -0.25) is 0 Å². The molecule has 0 unspecified atom stereocenters. The van der Waals surface area contributed by atoms with Crippen LogP contribution in [0.1, 0.15) is 17.2 Å². The van der Waals surface area contributed by atoms with E-state index in [0.29, 0.717) is 0 Å². The SMILES string of the molecule is O[C@H](c1ccccc1)c1ccc2nc[nH]c2c1. The van der Waals surface area contributed by atoms with Crippen LogP contribution in [0.2, 0.25) is 0 Å². The molecule has 1 heterocycles. The second-order valence-corrected chi connectivity index (χ2v) is 3.99. The van der Waals surface area contributed by atoms with Crippen LogP contribution in [0.3, 0.4) is 0 Å². The van der Waals surface area contributed by atoms with Crippen LogP contribution in [0.15, 0.2) is 54.9 Å². The molecule has 0 fully saturated rings. The molecule has 0 aliphatic carbocycles. The fraction of sp³-hybridized carbons (Fsp3) is 0.0714. The summed E-state index contributed by atoms with van der Waals surface area (Å²) in [5.41, 5.74) is 3.62. The van der Waals surface area contributed by atoms with Crippen molar-refractivity contribution in [2.75, 3.05) is 0 Å². The molecule has 3 heteroatoms. The smallest absolute Gasteiger partial charge is 0.104 e. The lowest BCUT2D eigenvalue weighted by Crippen LogP contribution is -1.98. The second kappa shape index (κ2) is 4.03. The van der Waals surface area contributed by atoms with Crippen molar-refractivity contribution in [3.8, 4) is 0 Å². The highest BCUT2D eigenvalue weighted by atomic mass is 16.3. The van der Waals surface area contributed by atoms with Gasteiger partial charge in [0.1, 0.15) is 6.10 Å². The van der Waals surface area contributed by atoms with Crippen LogP contribution in [0, 0.1) is 0 Å². The Balaban J connectivity index is 2.03. The molecule has 0 bridgehead atoms. The van der Waals surface area contributed by atoms with Gasteiger partial charge in [0.2, 0.25) is 0 Å². The topological polar surface area (TPSA) is 48.9 Å². The number of imidazole rings is 1. The van der Waals surface area contributed by atoms with Crippen molar-refractivity contribution < 1.29 is 5.11 Å². The van der Waals surface area contributed by atoms with E-state index in [-0.39, 0.29) is 0 Å². The highest BCUT2D eigenvalue weighted by Gasteiger charge is 2.10. The molecule has 0 saturated heterocycles. The lowest BCUT2D eigenvalue weighted by molar-refractivity contribution is 0.220. The van der Waals surface area contributed by atoms with Gasteiger partial charge in [-0.1, -0.05) is 36.4 Å². The normalized spacial score (nSPS) is 12.8. The van der Waals surface area contributed by atoms with Crippen molar-refractivity contribution in [3.05, 3.63) is 66.0 Å². The average molecular weight is 224 g/mol. The summed E-state index contributed by atoms with van der Waals surface area (Å²) in [6.45, 7) is 0. The van der Waals surface area contributed by atoms with Crippen molar-refractivity contribution >= 4 is 11.0 Å². The summed E-state index contributed by atoms with van der Waals surface area (Å²) in [6, 6.07) is 15.4. The van der Waals surface area contributed by atoms with Gasteiger partial charge in [0.05, 0.1) is 17.4 Å². The molecule has 0 spiro atoms. The number of H-pyrrole nitrogens is 1. The maximum Gasteiger partial charge on any atom is 0.104 e. The number of aromatic nitrogens is 2. The maximum absolute atomic E-state index is 10.3. The number of rotatable bonds is 2. The molecule has 3 nitrogen and oxygen atoms in total. The van der Waals surface area contributed by atoms with E-state index in [4.69, 9.17) is 0 Å². The predicted octanol–water partition coefficient (Wildman–Crippen LogP) is 2.64. The lowest BCUT2D eigenvalue weighted by Gasteiger charge is -2.11. The molecule has 3 aromatic rings. The number of aliphatic hydroxyl groups is 1. The Kier molecular flexibility index (Phi) is 2.38. The zero-order valence-electron chi connectivity index (χ0n) is 9.17. The fourth-order valence-corrected chi connectivity index (χ4v) is 1.95. The average Bonchev–Trinajstić information content (AvgIpc) is 2.86. The van der Waals surface area contributed by atoms with Crippen LogP contribution < -0.4 is 0 Å². The van der Waals surface area contributed by atoms with E-state index in [9.17, 15) is 5.11 Å². The van der Waals surface area contributed by atoms with E-state index in [0.717, 1.165) is 22.2 Å². The van der Waals surface area contributed by atoms with Crippen molar-refractivity contribution in [1.29, 1.82) is 0 Å². The second-order valence-electron chi connectivity index (χ2n) is 3.99. The van der Waals surface area contributed by atoms with Gasteiger partial charge < -0.3 is 10.1 Å². The summed E-state index contributed by atoms with van der Waals surface area (Å²) in [4.78, 5) is 7.20. The lowest BCUT2D eigenvalue weighted by atomic mass is 10.0. The Morgan fingerprint density at radius 1 is 1.00 bits per heavy atom. The Labute approximate surface area is 98.8 Å². The molecule has 1 atom stereocenters. The Bertz CT molecular complexity index is 631. The molecule has 0 aliphatic rings. The third-order valence-corrected chi connectivity index (χ3v) is 2.88. The van der Waals surface area contributed by atoms with E-state index >= 15 is 0 Å². The first kappa shape index (κ1) is 10.1. The molecule has 0 saturated carbocycles. The van der Waals surface area contributed by atoms with Crippen molar-refractivity contribution in [3.63, 3.8) is 0 Å². The van der Waals surface area contributed by atoms with Gasteiger partial charge in [0.15, 0.2) is 0 Å². The number of nitrogens with one attached hydrogen (secondary N) is 1. The monoisotopic (exact) mass is 224 g/mol. The van der Waals surface area contributed by atoms with Crippen LogP contribution in [0.4, 0.5) is 0 Å². The van der Waals surface area contributed by atoms with Crippen molar-refractivity contribution in [1.82, 2.24) is 9.97 Å². The number of hydrogen-bond acceptors (Lipinski definition) is 2. The van der Waals surface area contributed by atoms with E-state index < -0.39 is 6.10 Å². The summed E-state index contributed by atoms with van der Waals surface area (Å²) in [5.74, 6) is 0. The van der Waals surface area contributed by atoms with Gasteiger partial charge in [-0.25, -0.2) is 4.98 Å². The number of nitrogens with zero attached hydrogens (tertiary/aromatic N) is 1. The largest absolute Gasteiger partial charge is 0.384 e. The third kappa shape index (κ3) is 1.81. The van der Waals surface area contributed by atoms with Gasteiger partial charge in [-0.05, 0) is 23.3 Å². The number of benzene rings is 2. The molecule has 17 heavy (non-hydrogen) atoms. The molecule has 0 amide bonds. The van der Waals surface area contributed by atoms with Crippen LogP contribution >= 0.6 is 0 Å². The molecule has 0 radical (unpaired) electrons. The van der Waals surface area contributed by atoms with Gasteiger partial charge in [-0.15, -0.1) is 0 Å². The number of hydrogen-bond donors (Lipinski definition) is 2. The van der Waals surface area contributed by atoms with Crippen LogP contribution in [-0.2, 0) is 0 Å². The number of aliphatic hydroxyl groups excluding tert-OH is 1. The fourth-order valence-electron chi connectivity index (χ4n) is 1.95. The highest BCUT2D eigenvalue weighted by Crippen LogP contribution is 2.23. The van der Waals surface area contributed by atoms with Gasteiger partial charge in [-0.2, -0.15) is 0 Å². The summed E-state index contributed by atoms with van der Waals surface area (Å²) < 4.78 is 0. The Morgan fingerprint density at radius 2 is 1.82 bits per heavy atom. The van der Waals surface area contributed by atoms with Gasteiger partial charge in [0.25, 0.3) is 0 Å². The Hall–Kier alpha value is -2.13. The van der Waals surface area contributed by atoms with Crippen molar-refractivity contribution in [2.24, 2.45) is 0 Å². The van der Waals surface area contributed by atoms with E-state index in [2.05, 4.69) is 9.97 Å². The van der Waals surface area contributed by atoms with Gasteiger partial charge >= 0.3 is 0 Å². The number of aromatic amines is 1. The van der Waals surface area contributed by atoms with E-state index in [1.807, 2.05) is 48.5 Å². The predicted molar refractivity (Wildman–Crippen MR) is 66.6 cm³/mol. The minimum absolute atomic E-state index is 0.594. The van der Waals surface area contributed by atoms with Crippen LogP contribution in [-0.4, -0.2) is 15.1 Å². The van der Waals surface area contributed by atoms with Crippen molar-refractivity contribution in [2.45, 2.75) is 6.10 Å². The Morgan fingerprint density at radius 3 is 2.65 bits per heavy atom. The summed E-state index contributed by atoms with van der Waals surface area (Å²) in [7, 11) is 0. The molecule has 2 aromatic carbocycles. The van der Waals surface area contributed by atoms with Crippen LogP contribution in [0.5, 0.6) is 0 Å². The molecule has 2 N–H and O–H groups in total. The summed E-state index contributed by atoms with van der Waals surface area (Å²) >= 11 is 0. The minimum atomic E-state index is -0.594. The molecule has 0 aliphatic heterocycles.